The molecule has 4 atom stereocenters. The lowest BCUT2D eigenvalue weighted by atomic mass is 10.2. The van der Waals surface area contributed by atoms with Crippen LogP contribution in [0, 0.1) is 0 Å². The summed E-state index contributed by atoms with van der Waals surface area (Å²) in [5.41, 5.74) is 6.72. The maximum Gasteiger partial charge on any atom is 0.372 e. The zero-order valence-electron chi connectivity index (χ0n) is 10.7. The number of hydrogen-bond acceptors (Lipinski definition) is 9. The summed E-state index contributed by atoms with van der Waals surface area (Å²) in [7, 11) is -2.19. The fraction of sp³-hybridized carbons (Fsp3) is 0.500. The Morgan fingerprint density at radius 1 is 1.57 bits per heavy atom. The molecule has 11 heteroatoms. The van der Waals surface area contributed by atoms with Gasteiger partial charge in [0.2, 0.25) is 0 Å². The Bertz CT molecular complexity index is 683. The molecule has 0 radical (unpaired) electrons. The smallest absolute Gasteiger partial charge is 0.372 e. The fourth-order valence-electron chi connectivity index (χ4n) is 2.34. The molecule has 112 valence electrons. The van der Waals surface area contributed by atoms with Crippen LogP contribution in [0.25, 0.3) is 11.2 Å². The second-order valence-electron chi connectivity index (χ2n) is 4.50. The van der Waals surface area contributed by atoms with E-state index in [-0.39, 0.29) is 12.4 Å². The van der Waals surface area contributed by atoms with E-state index >= 15 is 0 Å². The number of aliphatic hydroxyl groups is 1. The van der Waals surface area contributed by atoms with Crippen LogP contribution in [0.2, 0.25) is 0 Å². The summed E-state index contributed by atoms with van der Waals surface area (Å²) in [6, 6.07) is 0. The molecule has 1 unspecified atom stereocenters. The first-order chi connectivity index (χ1) is 10.1. The van der Waals surface area contributed by atoms with Crippen LogP contribution in [0.4, 0.5) is 5.82 Å². The number of nitrogen functional groups attached to an aromatic ring is 1. The fourth-order valence-corrected chi connectivity index (χ4v) is 3.11. The number of rotatable bonds is 4. The zero-order chi connectivity index (χ0) is 15.0. The van der Waals surface area contributed by atoms with Crippen LogP contribution in [0.1, 0.15) is 12.6 Å². The first-order valence-corrected chi connectivity index (χ1v) is 8.29. The Morgan fingerprint density at radius 2 is 2.38 bits per heavy atom. The van der Waals surface area contributed by atoms with E-state index in [2.05, 4.69) is 27.2 Å². The van der Waals surface area contributed by atoms with Crippen molar-refractivity contribution in [3.05, 3.63) is 12.7 Å². The van der Waals surface area contributed by atoms with Crippen LogP contribution in [-0.4, -0.2) is 43.4 Å². The summed E-state index contributed by atoms with van der Waals surface area (Å²) in [5.74, 6) is 0.275. The van der Waals surface area contributed by atoms with Gasteiger partial charge in [-0.15, -0.1) is 0 Å². The minimum Gasteiger partial charge on any atom is -0.408 e. The van der Waals surface area contributed by atoms with Gasteiger partial charge >= 0.3 is 7.23 Å². The second kappa shape index (κ2) is 5.82. The van der Waals surface area contributed by atoms with Crippen molar-refractivity contribution in [3.63, 3.8) is 0 Å². The van der Waals surface area contributed by atoms with Crippen LogP contribution < -0.4 is 5.73 Å². The maximum absolute atomic E-state index is 11.1. The van der Waals surface area contributed by atoms with Crippen molar-refractivity contribution in [3.8, 4) is 0 Å². The first-order valence-electron chi connectivity index (χ1n) is 6.10. The Balaban J connectivity index is 1.90. The monoisotopic (exact) mass is 329 g/mol. The predicted molar refractivity (Wildman–Crippen MR) is 75.2 cm³/mol. The molecular weight excluding hydrogens is 317 g/mol. The summed E-state index contributed by atoms with van der Waals surface area (Å²) in [6.45, 7) is -0.260. The number of anilines is 1. The standard InChI is InChI=1S/C10H12N5O4PS/c11-9-8-10(13-3-12-9)15(4-14-8)7-1-5(19-20(17)21)6(2-16)18-7/h3-7,16H,1-2H2,(H2,11,12,13)/t5-,6+,7+/m0/s1. The molecule has 0 bridgehead atoms. The van der Waals surface area contributed by atoms with Crippen LogP contribution in [0.15, 0.2) is 12.7 Å². The van der Waals surface area contributed by atoms with Gasteiger partial charge in [0.15, 0.2) is 11.5 Å². The van der Waals surface area contributed by atoms with E-state index in [0.29, 0.717) is 17.6 Å². The number of ether oxygens (including phenoxy) is 1. The van der Waals surface area contributed by atoms with Crippen LogP contribution in [0.3, 0.4) is 0 Å². The van der Waals surface area contributed by atoms with Crippen molar-refractivity contribution in [1.82, 2.24) is 19.5 Å². The zero-order valence-corrected chi connectivity index (χ0v) is 12.4. The molecule has 0 spiro atoms. The molecule has 1 saturated heterocycles. The average Bonchev–Trinajstić information content (AvgIpc) is 3.02. The van der Waals surface area contributed by atoms with E-state index in [0.717, 1.165) is 0 Å². The third-order valence-electron chi connectivity index (χ3n) is 3.28. The summed E-state index contributed by atoms with van der Waals surface area (Å²) in [4.78, 5) is 12.1. The van der Waals surface area contributed by atoms with E-state index in [4.69, 9.17) is 15.0 Å². The van der Waals surface area contributed by atoms with Crippen molar-refractivity contribution >= 4 is 36.5 Å². The molecule has 21 heavy (non-hydrogen) atoms. The Morgan fingerprint density at radius 3 is 3.10 bits per heavy atom. The predicted octanol–water partition coefficient (Wildman–Crippen LogP) is 0.278. The number of fused-ring (bicyclic) bond motifs is 1. The highest BCUT2D eigenvalue weighted by atomic mass is 32.7. The van der Waals surface area contributed by atoms with Gasteiger partial charge in [-0.1, -0.05) is 4.57 Å². The molecule has 0 saturated carbocycles. The maximum atomic E-state index is 11.1. The third-order valence-corrected chi connectivity index (χ3v) is 3.98. The number of imidazole rings is 1. The topological polar surface area (TPSA) is 125 Å². The van der Waals surface area contributed by atoms with Gasteiger partial charge in [-0.3, -0.25) is 4.57 Å². The van der Waals surface area contributed by atoms with Gasteiger partial charge in [-0.25, -0.2) is 15.0 Å². The normalized spacial score (nSPS) is 26.4. The summed E-state index contributed by atoms with van der Waals surface area (Å²) in [5, 5.41) is 9.32. The van der Waals surface area contributed by atoms with E-state index in [1.54, 1.807) is 4.57 Å². The van der Waals surface area contributed by atoms with Crippen LogP contribution in [-0.2, 0) is 26.1 Å². The highest BCUT2D eigenvalue weighted by Gasteiger charge is 2.40. The molecule has 3 rings (SSSR count). The third kappa shape index (κ3) is 2.72. The first kappa shape index (κ1) is 14.6. The molecule has 0 aliphatic carbocycles. The van der Waals surface area contributed by atoms with Crippen LogP contribution in [0.5, 0.6) is 0 Å². The lowest BCUT2D eigenvalue weighted by Crippen LogP contribution is -2.25. The molecule has 1 aliphatic rings. The summed E-state index contributed by atoms with van der Waals surface area (Å²) in [6.07, 6.45) is 1.63. The van der Waals surface area contributed by atoms with Gasteiger partial charge < -0.3 is 27.8 Å². The van der Waals surface area contributed by atoms with Gasteiger partial charge in [-0.05, 0) is 0 Å². The number of hydrogen-bond donors (Lipinski definition) is 2. The second-order valence-corrected chi connectivity index (χ2v) is 6.05. The summed E-state index contributed by atoms with van der Waals surface area (Å²) >= 11 is 4.54. The van der Waals surface area contributed by atoms with E-state index in [1.807, 2.05) is 0 Å². The Kier molecular flexibility index (Phi) is 4.05. The van der Waals surface area contributed by atoms with E-state index in [1.165, 1.54) is 12.7 Å². The average molecular weight is 329 g/mol. The Labute approximate surface area is 125 Å². The van der Waals surface area contributed by atoms with Crippen LogP contribution >= 0.6 is 7.23 Å². The quantitative estimate of drug-likeness (QED) is 0.600. The molecule has 1 fully saturated rings. The SMILES string of the molecule is Nc1ncnc2c1ncn2[C@H]1C[C@H](O[P+](=O)[S-])[C@@H](CO)O1. The molecular formula is C10H12N5O4PS. The van der Waals surface area contributed by atoms with Gasteiger partial charge in [0, 0.05) is 6.42 Å². The van der Waals surface area contributed by atoms with Crippen molar-refractivity contribution in [1.29, 1.82) is 0 Å². The van der Waals surface area contributed by atoms with Gasteiger partial charge in [0.05, 0.1) is 12.9 Å². The molecule has 9 nitrogen and oxygen atoms in total. The molecule has 1 aliphatic heterocycles. The highest BCUT2D eigenvalue weighted by Crippen LogP contribution is 2.36. The van der Waals surface area contributed by atoms with Crippen molar-refractivity contribution in [2.75, 3.05) is 12.3 Å². The molecule has 0 amide bonds. The minimum absolute atomic E-state index is 0.260. The highest BCUT2D eigenvalue weighted by molar-refractivity contribution is 8.25. The van der Waals surface area contributed by atoms with Gasteiger partial charge in [0.1, 0.15) is 30.3 Å². The lowest BCUT2D eigenvalue weighted by molar-refractivity contribution is -0.0380. The number of aromatic nitrogens is 4. The minimum atomic E-state index is -2.19. The summed E-state index contributed by atoms with van der Waals surface area (Å²) < 4.78 is 23.6. The number of nitrogens with two attached hydrogens (primary N) is 1. The van der Waals surface area contributed by atoms with E-state index < -0.39 is 25.7 Å². The molecule has 2 aromatic heterocycles. The van der Waals surface area contributed by atoms with Crippen molar-refractivity contribution in [2.45, 2.75) is 24.9 Å². The van der Waals surface area contributed by atoms with Gasteiger partial charge in [0.25, 0.3) is 0 Å². The van der Waals surface area contributed by atoms with E-state index in [9.17, 15) is 9.67 Å². The number of nitrogens with zero attached hydrogens (tertiary/aromatic N) is 4. The molecule has 2 aromatic rings. The Hall–Kier alpha value is -1.32. The largest absolute Gasteiger partial charge is 0.408 e. The number of aliphatic hydroxyl groups excluding tert-OH is 1. The molecule has 0 aromatic carbocycles. The van der Waals surface area contributed by atoms with Gasteiger partial charge in [-0.2, -0.15) is 4.52 Å². The molecule has 3 heterocycles. The lowest BCUT2D eigenvalue weighted by Gasteiger charge is -2.13. The van der Waals surface area contributed by atoms with Crippen molar-refractivity contribution in [2.24, 2.45) is 0 Å². The molecule has 3 N–H and O–H groups in total. The van der Waals surface area contributed by atoms with Crippen molar-refractivity contribution < 1.29 is 18.9 Å².